The van der Waals surface area contributed by atoms with Crippen LogP contribution < -0.4 is 4.72 Å². The monoisotopic (exact) mass is 172 g/mol. The molecular formula is C3H3KNO3S. The number of hydrogen-bond donors (Lipinski definition) is 1. The molecule has 45 valence electrons. The van der Waals surface area contributed by atoms with E-state index >= 15 is 0 Å². The van der Waals surface area contributed by atoms with Crippen molar-refractivity contribution < 1.29 is 13.2 Å². The summed E-state index contributed by atoms with van der Waals surface area (Å²) in [6, 6.07) is 0. The molecule has 1 heterocycles. The van der Waals surface area contributed by atoms with Crippen molar-refractivity contribution in [3.8, 4) is 0 Å². The van der Waals surface area contributed by atoms with Gasteiger partial charge in [-0.05, 0) is 0 Å². The minimum absolute atomic E-state index is 0. The third-order valence-corrected chi connectivity index (χ3v) is 1.62. The van der Waals surface area contributed by atoms with Gasteiger partial charge in [-0.3, -0.25) is 4.79 Å². The van der Waals surface area contributed by atoms with Gasteiger partial charge in [-0.2, -0.15) is 0 Å². The van der Waals surface area contributed by atoms with Crippen LogP contribution in [0.15, 0.2) is 11.5 Å². The number of carbonyl (C=O) groups is 1. The Kier molecular flexibility index (Phi) is 3.55. The van der Waals surface area contributed by atoms with Crippen molar-refractivity contribution >= 4 is 67.3 Å². The SMILES string of the molecule is O=C1C=CS(=O)(=O)N1.[K]. The Balaban J connectivity index is 0.000000640. The van der Waals surface area contributed by atoms with Gasteiger partial charge < -0.3 is 0 Å². The Bertz CT molecular complexity index is 242. The summed E-state index contributed by atoms with van der Waals surface area (Å²) in [4.78, 5) is 10.1. The van der Waals surface area contributed by atoms with E-state index in [0.29, 0.717) is 0 Å². The first-order valence-electron chi connectivity index (χ1n) is 1.85. The van der Waals surface area contributed by atoms with Crippen molar-refractivity contribution in [1.29, 1.82) is 0 Å². The zero-order chi connectivity index (χ0) is 6.20. The third kappa shape index (κ3) is 2.92. The molecule has 1 aliphatic rings. The van der Waals surface area contributed by atoms with Crippen molar-refractivity contribution in [2.75, 3.05) is 0 Å². The maximum atomic E-state index is 10.2. The smallest absolute Gasteiger partial charge is 0.258 e. The van der Waals surface area contributed by atoms with Crippen LogP contribution in [0.25, 0.3) is 0 Å². The molecule has 9 heavy (non-hydrogen) atoms. The number of amides is 1. The van der Waals surface area contributed by atoms with E-state index in [0.717, 1.165) is 11.5 Å². The van der Waals surface area contributed by atoms with Crippen LogP contribution in [0.5, 0.6) is 0 Å². The van der Waals surface area contributed by atoms with Crippen LogP contribution in [0.1, 0.15) is 0 Å². The van der Waals surface area contributed by atoms with Gasteiger partial charge in [0, 0.05) is 57.5 Å². The molecule has 0 spiro atoms. The van der Waals surface area contributed by atoms with Crippen molar-refractivity contribution in [2.45, 2.75) is 0 Å². The predicted molar refractivity (Wildman–Crippen MR) is 32.0 cm³/mol. The van der Waals surface area contributed by atoms with E-state index in [1.54, 1.807) is 4.72 Å². The number of rotatable bonds is 0. The average molecular weight is 172 g/mol. The molecule has 0 fully saturated rings. The summed E-state index contributed by atoms with van der Waals surface area (Å²) in [5.74, 6) is -0.579. The second-order valence-electron chi connectivity index (χ2n) is 1.31. The van der Waals surface area contributed by atoms with E-state index in [9.17, 15) is 13.2 Å². The maximum absolute atomic E-state index is 10.2. The fourth-order valence-corrected chi connectivity index (χ4v) is 1.08. The molecule has 0 bridgehead atoms. The quantitative estimate of drug-likeness (QED) is 0.456. The fraction of sp³-hybridized carbons (Fsp3) is 0. The Hall–Kier alpha value is 0.796. The summed E-state index contributed by atoms with van der Waals surface area (Å²) >= 11 is 0. The van der Waals surface area contributed by atoms with E-state index in [4.69, 9.17) is 0 Å². The molecule has 1 N–H and O–H groups in total. The van der Waals surface area contributed by atoms with Crippen LogP contribution >= 0.6 is 0 Å². The van der Waals surface area contributed by atoms with Gasteiger partial charge in [-0.1, -0.05) is 0 Å². The molecule has 6 heteroatoms. The summed E-state index contributed by atoms with van der Waals surface area (Å²) in [7, 11) is -3.38. The van der Waals surface area contributed by atoms with Crippen LogP contribution in [0.2, 0.25) is 0 Å². The van der Waals surface area contributed by atoms with Gasteiger partial charge in [0.25, 0.3) is 15.9 Å². The van der Waals surface area contributed by atoms with Gasteiger partial charge in [-0.15, -0.1) is 0 Å². The minimum Gasteiger partial charge on any atom is -0.269 e. The van der Waals surface area contributed by atoms with Gasteiger partial charge in [0.15, 0.2) is 0 Å². The van der Waals surface area contributed by atoms with Crippen LogP contribution in [0.3, 0.4) is 0 Å². The molecule has 0 atom stereocenters. The predicted octanol–water partition coefficient (Wildman–Crippen LogP) is -1.42. The summed E-state index contributed by atoms with van der Waals surface area (Å²) < 4.78 is 22.2. The van der Waals surface area contributed by atoms with E-state index in [1.807, 2.05) is 0 Å². The van der Waals surface area contributed by atoms with E-state index in [1.165, 1.54) is 0 Å². The Labute approximate surface area is 95.2 Å². The van der Waals surface area contributed by atoms with Crippen molar-refractivity contribution in [3.63, 3.8) is 0 Å². The molecular weight excluding hydrogens is 169 g/mol. The van der Waals surface area contributed by atoms with Crippen LogP contribution in [-0.4, -0.2) is 65.7 Å². The van der Waals surface area contributed by atoms with E-state index in [-0.39, 0.29) is 51.4 Å². The molecule has 0 saturated heterocycles. The molecule has 1 radical (unpaired) electrons. The van der Waals surface area contributed by atoms with E-state index in [2.05, 4.69) is 0 Å². The van der Waals surface area contributed by atoms with Crippen molar-refractivity contribution in [3.05, 3.63) is 11.5 Å². The molecule has 0 saturated carbocycles. The first-order valence-corrected chi connectivity index (χ1v) is 3.40. The number of carbonyl (C=O) groups excluding carboxylic acids is 1. The molecule has 0 aliphatic carbocycles. The molecule has 0 aromatic heterocycles. The Morgan fingerprint density at radius 1 is 1.44 bits per heavy atom. The van der Waals surface area contributed by atoms with Gasteiger partial charge in [0.05, 0.1) is 5.41 Å². The largest absolute Gasteiger partial charge is 0.269 e. The zero-order valence-corrected chi connectivity index (χ0v) is 8.73. The first kappa shape index (κ1) is 9.80. The van der Waals surface area contributed by atoms with Gasteiger partial charge in [0.2, 0.25) is 0 Å². The fourth-order valence-electron chi connectivity index (χ4n) is 0.360. The van der Waals surface area contributed by atoms with Gasteiger partial charge in [-0.25, -0.2) is 13.1 Å². The van der Waals surface area contributed by atoms with Crippen LogP contribution in [0, 0.1) is 0 Å². The van der Waals surface area contributed by atoms with Crippen LogP contribution in [0.4, 0.5) is 0 Å². The second-order valence-corrected chi connectivity index (χ2v) is 2.88. The van der Waals surface area contributed by atoms with Gasteiger partial charge in [0.1, 0.15) is 0 Å². The maximum Gasteiger partial charge on any atom is 0.258 e. The number of sulfonamides is 1. The van der Waals surface area contributed by atoms with Gasteiger partial charge >= 0.3 is 0 Å². The number of nitrogens with one attached hydrogen (secondary N) is 1. The summed E-state index contributed by atoms with van der Waals surface area (Å²) in [6.45, 7) is 0. The standard InChI is InChI=1S/C3H3NO3S.K/c5-3-1-2-8(6,7)4-3;/h1-2H,(H,4,5);. The second kappa shape index (κ2) is 3.27. The molecule has 0 aromatic rings. The molecule has 1 aliphatic heterocycles. The molecule has 0 unspecified atom stereocenters. The average Bonchev–Trinajstić information content (AvgIpc) is 1.82. The molecule has 4 nitrogen and oxygen atoms in total. The molecule has 1 rings (SSSR count). The zero-order valence-electron chi connectivity index (χ0n) is 4.79. The van der Waals surface area contributed by atoms with E-state index < -0.39 is 15.9 Å². The normalized spacial score (nSPS) is 20.7. The number of hydrogen-bond acceptors (Lipinski definition) is 3. The Morgan fingerprint density at radius 3 is 2.11 bits per heavy atom. The van der Waals surface area contributed by atoms with Crippen molar-refractivity contribution in [1.82, 2.24) is 4.72 Å². The summed E-state index contributed by atoms with van der Waals surface area (Å²) in [5, 5.41) is 0.829. The summed E-state index contributed by atoms with van der Waals surface area (Å²) in [6.07, 6.45) is 0.968. The minimum atomic E-state index is -3.38. The third-order valence-electron chi connectivity index (χ3n) is 0.641. The summed E-state index contributed by atoms with van der Waals surface area (Å²) in [5.41, 5.74) is 0. The first-order chi connectivity index (χ1) is 3.60. The van der Waals surface area contributed by atoms with Crippen molar-refractivity contribution in [2.24, 2.45) is 0 Å². The Morgan fingerprint density at radius 2 is 2.00 bits per heavy atom. The molecule has 1 amide bonds. The topological polar surface area (TPSA) is 63.2 Å². The van der Waals surface area contributed by atoms with Crippen LogP contribution in [-0.2, 0) is 14.8 Å². The molecule has 0 aromatic carbocycles.